The molecule has 2 rings (SSSR count). The summed E-state index contributed by atoms with van der Waals surface area (Å²) in [6.45, 7) is 11.0. The minimum atomic E-state index is 0.627. The number of aryl methyl sites for hydroxylation is 2. The molecule has 19 heavy (non-hydrogen) atoms. The number of nitrogens with one attached hydrogen (secondary N) is 1. The van der Waals surface area contributed by atoms with Crippen molar-refractivity contribution in [1.82, 2.24) is 14.9 Å². The molecular formula is C15H26N4. The molecule has 0 aromatic carbocycles. The molecule has 1 aromatic heterocycles. The van der Waals surface area contributed by atoms with E-state index in [0.29, 0.717) is 5.92 Å². The van der Waals surface area contributed by atoms with Crippen LogP contribution in [0.15, 0.2) is 6.07 Å². The zero-order valence-electron chi connectivity index (χ0n) is 12.4. The first kappa shape index (κ1) is 14.3. The Balaban J connectivity index is 1.77. The number of anilines is 1. The molecule has 0 saturated carbocycles. The fraction of sp³-hybridized carbons (Fsp3) is 0.733. The molecule has 4 nitrogen and oxygen atoms in total. The molecule has 0 amide bonds. The van der Waals surface area contributed by atoms with E-state index in [4.69, 9.17) is 0 Å². The van der Waals surface area contributed by atoms with Gasteiger partial charge in [-0.05, 0) is 51.8 Å². The van der Waals surface area contributed by atoms with Gasteiger partial charge in [-0.3, -0.25) is 0 Å². The summed E-state index contributed by atoms with van der Waals surface area (Å²) >= 11 is 0. The first-order valence-electron chi connectivity index (χ1n) is 7.42. The molecule has 1 aliphatic rings. The lowest BCUT2D eigenvalue weighted by Crippen LogP contribution is -2.35. The Morgan fingerprint density at radius 1 is 1.16 bits per heavy atom. The van der Waals surface area contributed by atoms with Crippen LogP contribution >= 0.6 is 0 Å². The Bertz CT molecular complexity index is 379. The fourth-order valence-corrected chi connectivity index (χ4v) is 2.72. The third kappa shape index (κ3) is 4.78. The highest BCUT2D eigenvalue weighted by Gasteiger charge is 2.13. The lowest BCUT2D eigenvalue weighted by molar-refractivity contribution is 0.204. The number of nitrogens with zero attached hydrogens (tertiary/aromatic N) is 3. The van der Waals surface area contributed by atoms with Crippen LogP contribution in [-0.2, 0) is 0 Å². The molecule has 1 aliphatic heterocycles. The van der Waals surface area contributed by atoms with Crippen LogP contribution < -0.4 is 5.32 Å². The van der Waals surface area contributed by atoms with Gasteiger partial charge in [-0.25, -0.2) is 9.97 Å². The summed E-state index contributed by atoms with van der Waals surface area (Å²) in [6, 6.07) is 2.00. The van der Waals surface area contributed by atoms with Crippen molar-refractivity contribution in [1.29, 1.82) is 0 Å². The van der Waals surface area contributed by atoms with Gasteiger partial charge >= 0.3 is 0 Å². The molecule has 1 N–H and O–H groups in total. The molecule has 0 radical (unpaired) electrons. The topological polar surface area (TPSA) is 41.1 Å². The number of rotatable bonds is 5. The van der Waals surface area contributed by atoms with Gasteiger partial charge in [-0.1, -0.05) is 13.3 Å². The Labute approximate surface area is 116 Å². The van der Waals surface area contributed by atoms with Gasteiger partial charge in [0.1, 0.15) is 0 Å². The molecule has 4 heteroatoms. The number of likely N-dealkylation sites (tertiary alicyclic amines) is 1. The highest BCUT2D eigenvalue weighted by atomic mass is 15.1. The van der Waals surface area contributed by atoms with Crippen LogP contribution in [-0.4, -0.2) is 41.0 Å². The molecule has 106 valence electrons. The normalized spacial score (nSPS) is 18.3. The second-order valence-electron chi connectivity index (χ2n) is 5.82. The van der Waals surface area contributed by atoms with E-state index in [2.05, 4.69) is 27.1 Å². The second-order valence-corrected chi connectivity index (χ2v) is 5.82. The molecule has 1 unspecified atom stereocenters. The first-order valence-corrected chi connectivity index (χ1v) is 7.42. The smallest absolute Gasteiger partial charge is 0.223 e. The van der Waals surface area contributed by atoms with E-state index in [-0.39, 0.29) is 0 Å². The maximum atomic E-state index is 4.42. The van der Waals surface area contributed by atoms with Crippen molar-refractivity contribution >= 4 is 5.95 Å². The minimum Gasteiger partial charge on any atom is -0.354 e. The van der Waals surface area contributed by atoms with Crippen LogP contribution in [0.5, 0.6) is 0 Å². The highest BCUT2D eigenvalue weighted by molar-refractivity contribution is 5.27. The van der Waals surface area contributed by atoms with Crippen LogP contribution in [0, 0.1) is 19.8 Å². The van der Waals surface area contributed by atoms with Crippen molar-refractivity contribution in [3.8, 4) is 0 Å². The summed E-state index contributed by atoms with van der Waals surface area (Å²) in [5.74, 6) is 1.39. The highest BCUT2D eigenvalue weighted by Crippen LogP contribution is 2.11. The standard InChI is InChI=1S/C15H26N4/c1-12(11-19-7-5-4-6-8-19)10-16-15-17-13(2)9-14(3)18-15/h9,12H,4-8,10-11H2,1-3H3,(H,16,17,18). The van der Waals surface area contributed by atoms with Crippen LogP contribution in [0.3, 0.4) is 0 Å². The maximum absolute atomic E-state index is 4.42. The van der Waals surface area contributed by atoms with Crippen LogP contribution in [0.1, 0.15) is 37.6 Å². The minimum absolute atomic E-state index is 0.627. The Morgan fingerprint density at radius 2 is 1.79 bits per heavy atom. The van der Waals surface area contributed by atoms with E-state index in [0.717, 1.165) is 23.9 Å². The fourth-order valence-electron chi connectivity index (χ4n) is 2.72. The zero-order chi connectivity index (χ0) is 13.7. The Morgan fingerprint density at radius 3 is 2.42 bits per heavy atom. The molecule has 1 saturated heterocycles. The van der Waals surface area contributed by atoms with Gasteiger partial charge in [-0.2, -0.15) is 0 Å². The molecule has 1 aromatic rings. The summed E-state index contributed by atoms with van der Waals surface area (Å²) in [5.41, 5.74) is 2.05. The van der Waals surface area contributed by atoms with Gasteiger partial charge in [0.05, 0.1) is 0 Å². The van der Waals surface area contributed by atoms with Gasteiger partial charge in [0, 0.05) is 24.5 Å². The van der Waals surface area contributed by atoms with E-state index in [1.807, 2.05) is 19.9 Å². The van der Waals surface area contributed by atoms with E-state index in [1.165, 1.54) is 38.9 Å². The van der Waals surface area contributed by atoms with Crippen molar-refractivity contribution in [2.75, 3.05) is 31.5 Å². The third-order valence-electron chi connectivity index (χ3n) is 3.61. The molecule has 0 bridgehead atoms. The van der Waals surface area contributed by atoms with Crippen molar-refractivity contribution in [2.24, 2.45) is 5.92 Å². The van der Waals surface area contributed by atoms with E-state index in [1.54, 1.807) is 0 Å². The van der Waals surface area contributed by atoms with Gasteiger partial charge in [0.15, 0.2) is 0 Å². The summed E-state index contributed by atoms with van der Waals surface area (Å²) in [4.78, 5) is 11.4. The maximum Gasteiger partial charge on any atom is 0.223 e. The molecule has 1 fully saturated rings. The lowest BCUT2D eigenvalue weighted by Gasteiger charge is -2.29. The number of hydrogen-bond donors (Lipinski definition) is 1. The average molecular weight is 262 g/mol. The Kier molecular flexibility index (Phi) is 5.14. The lowest BCUT2D eigenvalue weighted by atomic mass is 10.1. The predicted molar refractivity (Wildman–Crippen MR) is 79.5 cm³/mol. The first-order chi connectivity index (χ1) is 9.13. The Hall–Kier alpha value is -1.16. The summed E-state index contributed by atoms with van der Waals surface area (Å²) in [6.07, 6.45) is 4.13. The van der Waals surface area contributed by atoms with Gasteiger partial charge < -0.3 is 10.2 Å². The van der Waals surface area contributed by atoms with Gasteiger partial charge in [0.2, 0.25) is 5.95 Å². The molecular weight excluding hydrogens is 236 g/mol. The van der Waals surface area contributed by atoms with E-state index >= 15 is 0 Å². The third-order valence-corrected chi connectivity index (χ3v) is 3.61. The monoisotopic (exact) mass is 262 g/mol. The number of aromatic nitrogens is 2. The summed E-state index contributed by atoms with van der Waals surface area (Å²) in [7, 11) is 0. The zero-order valence-corrected chi connectivity index (χ0v) is 12.4. The van der Waals surface area contributed by atoms with E-state index in [9.17, 15) is 0 Å². The molecule has 2 heterocycles. The van der Waals surface area contributed by atoms with Crippen molar-refractivity contribution in [2.45, 2.75) is 40.0 Å². The molecule has 0 aliphatic carbocycles. The summed E-state index contributed by atoms with van der Waals surface area (Å²) in [5, 5.41) is 3.37. The molecule has 1 atom stereocenters. The number of piperidine rings is 1. The van der Waals surface area contributed by atoms with Crippen LogP contribution in [0.25, 0.3) is 0 Å². The van der Waals surface area contributed by atoms with Crippen molar-refractivity contribution in [3.05, 3.63) is 17.5 Å². The average Bonchev–Trinajstić information content (AvgIpc) is 2.36. The second kappa shape index (κ2) is 6.85. The van der Waals surface area contributed by atoms with Crippen molar-refractivity contribution < 1.29 is 0 Å². The van der Waals surface area contributed by atoms with Gasteiger partial charge in [-0.15, -0.1) is 0 Å². The van der Waals surface area contributed by atoms with E-state index < -0.39 is 0 Å². The SMILES string of the molecule is Cc1cc(C)nc(NCC(C)CN2CCCCC2)n1. The largest absolute Gasteiger partial charge is 0.354 e. The number of hydrogen-bond acceptors (Lipinski definition) is 4. The van der Waals surface area contributed by atoms with Crippen LogP contribution in [0.4, 0.5) is 5.95 Å². The van der Waals surface area contributed by atoms with Crippen molar-refractivity contribution in [3.63, 3.8) is 0 Å². The van der Waals surface area contributed by atoms with Gasteiger partial charge in [0.25, 0.3) is 0 Å². The predicted octanol–water partition coefficient (Wildman–Crippen LogP) is 2.63. The quantitative estimate of drug-likeness (QED) is 0.885. The molecule has 0 spiro atoms. The van der Waals surface area contributed by atoms with Crippen LogP contribution in [0.2, 0.25) is 0 Å². The summed E-state index contributed by atoms with van der Waals surface area (Å²) < 4.78 is 0.